The van der Waals surface area contributed by atoms with Crippen molar-refractivity contribution in [3.8, 4) is 5.75 Å². The molecule has 1 aromatic carbocycles. The zero-order valence-corrected chi connectivity index (χ0v) is 19.4. The fourth-order valence-corrected chi connectivity index (χ4v) is 7.04. The number of halogens is 1. The summed E-state index contributed by atoms with van der Waals surface area (Å²) in [4.78, 5) is 18.0. The summed E-state index contributed by atoms with van der Waals surface area (Å²) in [5.41, 5.74) is 2.11. The molecule has 4 fully saturated rings. The van der Waals surface area contributed by atoms with E-state index >= 15 is 0 Å². The summed E-state index contributed by atoms with van der Waals surface area (Å²) in [6, 6.07) is 3.71. The quantitative estimate of drug-likeness (QED) is 0.605. The fourth-order valence-electron chi connectivity index (χ4n) is 6.78. The van der Waals surface area contributed by atoms with Gasteiger partial charge in [-0.15, -0.1) is 5.10 Å². The van der Waals surface area contributed by atoms with Crippen molar-refractivity contribution >= 4 is 27.5 Å². The van der Waals surface area contributed by atoms with Crippen molar-refractivity contribution in [2.45, 2.75) is 70.8 Å². The highest BCUT2D eigenvalue weighted by Crippen LogP contribution is 2.64. The van der Waals surface area contributed by atoms with E-state index < -0.39 is 0 Å². The third-order valence-electron chi connectivity index (χ3n) is 7.71. The van der Waals surface area contributed by atoms with E-state index in [2.05, 4.69) is 45.2 Å². The summed E-state index contributed by atoms with van der Waals surface area (Å²) >= 11 is 3.39. The van der Waals surface area contributed by atoms with Gasteiger partial charge in [0, 0.05) is 5.69 Å². The van der Waals surface area contributed by atoms with Gasteiger partial charge < -0.3 is 10.4 Å². The Bertz CT molecular complexity index is 1000. The molecular formula is C23H29BrN4O2. The van der Waals surface area contributed by atoms with Crippen molar-refractivity contribution in [3.05, 3.63) is 34.3 Å². The van der Waals surface area contributed by atoms with Gasteiger partial charge in [-0.1, -0.05) is 13.8 Å². The predicted octanol–water partition coefficient (Wildman–Crippen LogP) is 5.11. The van der Waals surface area contributed by atoms with E-state index in [1.54, 1.807) is 6.07 Å². The SMILES string of the molecule is Cc1cc(O)c(C(C)C)cc1NC(=O)C12CC3CC(C1)CC(n1cnc(Br)n1)(C3)C2. The molecule has 0 radical (unpaired) electrons. The van der Waals surface area contributed by atoms with Gasteiger partial charge in [0.2, 0.25) is 10.6 Å². The van der Waals surface area contributed by atoms with Crippen LogP contribution in [0.25, 0.3) is 0 Å². The number of aromatic nitrogens is 3. The van der Waals surface area contributed by atoms with Crippen LogP contribution in [0.5, 0.6) is 5.75 Å². The van der Waals surface area contributed by atoms with E-state index in [0.29, 0.717) is 22.3 Å². The maximum atomic E-state index is 13.7. The number of hydrogen-bond donors (Lipinski definition) is 2. The lowest BCUT2D eigenvalue weighted by Gasteiger charge is -2.60. The number of phenols is 1. The maximum Gasteiger partial charge on any atom is 0.230 e. The third-order valence-corrected chi connectivity index (χ3v) is 8.07. The van der Waals surface area contributed by atoms with Crippen LogP contribution in [-0.4, -0.2) is 25.8 Å². The van der Waals surface area contributed by atoms with Gasteiger partial charge in [0.1, 0.15) is 12.1 Å². The number of hydrogen-bond acceptors (Lipinski definition) is 4. The lowest BCUT2D eigenvalue weighted by molar-refractivity contribution is -0.150. The van der Waals surface area contributed by atoms with Crippen molar-refractivity contribution < 1.29 is 9.90 Å². The zero-order valence-electron chi connectivity index (χ0n) is 17.8. The standard InChI is InChI=1S/C23H29BrN4O2/c1-13(2)17-6-18(14(3)4-19(17)29)26-20(30)22-7-15-5-16(8-22)10-23(9-15,11-22)28-12-25-21(24)27-28/h4,6,12-13,15-16,29H,5,7-11H2,1-3H3,(H,26,30). The minimum Gasteiger partial charge on any atom is -0.508 e. The summed E-state index contributed by atoms with van der Waals surface area (Å²) in [5, 5.41) is 18.1. The van der Waals surface area contributed by atoms with Crippen molar-refractivity contribution in [2.75, 3.05) is 5.32 Å². The van der Waals surface area contributed by atoms with E-state index in [-0.39, 0.29) is 22.8 Å². The summed E-state index contributed by atoms with van der Waals surface area (Å²) in [6.45, 7) is 6.04. The number of aromatic hydroxyl groups is 1. The average molecular weight is 473 g/mol. The molecule has 6 nitrogen and oxygen atoms in total. The lowest BCUT2D eigenvalue weighted by atomic mass is 9.46. The van der Waals surface area contributed by atoms with E-state index in [1.165, 1.54) is 6.42 Å². The van der Waals surface area contributed by atoms with Crippen LogP contribution in [0.2, 0.25) is 0 Å². The predicted molar refractivity (Wildman–Crippen MR) is 118 cm³/mol. The number of phenolic OH excluding ortho intramolecular Hbond substituents is 1. The molecule has 1 amide bonds. The Kier molecular flexibility index (Phi) is 4.55. The second kappa shape index (κ2) is 6.81. The van der Waals surface area contributed by atoms with Crippen LogP contribution in [0, 0.1) is 24.2 Å². The van der Waals surface area contributed by atoms with E-state index in [1.807, 2.05) is 24.0 Å². The molecule has 2 N–H and O–H groups in total. The number of carbonyl (C=O) groups is 1. The molecule has 6 rings (SSSR count). The molecule has 30 heavy (non-hydrogen) atoms. The third kappa shape index (κ3) is 3.08. The molecule has 0 saturated heterocycles. The van der Waals surface area contributed by atoms with Crippen LogP contribution in [0.3, 0.4) is 0 Å². The van der Waals surface area contributed by atoms with E-state index in [4.69, 9.17) is 0 Å². The smallest absolute Gasteiger partial charge is 0.230 e. The molecule has 0 aliphatic heterocycles. The summed E-state index contributed by atoms with van der Waals surface area (Å²) in [6.07, 6.45) is 7.96. The number of nitrogens with one attached hydrogen (secondary N) is 1. The van der Waals surface area contributed by atoms with Gasteiger partial charge in [-0.05, 0) is 102 Å². The summed E-state index contributed by atoms with van der Waals surface area (Å²) in [5.74, 6) is 1.74. The topological polar surface area (TPSA) is 80.0 Å². The highest BCUT2D eigenvalue weighted by molar-refractivity contribution is 9.10. The van der Waals surface area contributed by atoms with Gasteiger partial charge in [0.15, 0.2) is 0 Å². The van der Waals surface area contributed by atoms with Gasteiger partial charge in [-0.25, -0.2) is 9.67 Å². The number of benzene rings is 1. The largest absolute Gasteiger partial charge is 0.508 e. The van der Waals surface area contributed by atoms with Gasteiger partial charge >= 0.3 is 0 Å². The van der Waals surface area contributed by atoms with Crippen molar-refractivity contribution in [1.29, 1.82) is 0 Å². The Labute approximate surface area is 185 Å². The first-order valence-electron chi connectivity index (χ1n) is 10.9. The monoisotopic (exact) mass is 472 g/mol. The Morgan fingerprint density at radius 1 is 1.27 bits per heavy atom. The Morgan fingerprint density at radius 3 is 2.57 bits per heavy atom. The minimum absolute atomic E-state index is 0.104. The van der Waals surface area contributed by atoms with Gasteiger partial charge in [-0.3, -0.25) is 4.79 Å². The molecule has 4 aliphatic rings. The number of carbonyl (C=O) groups excluding carboxylic acids is 1. The lowest BCUT2D eigenvalue weighted by Crippen LogP contribution is -2.60. The zero-order chi connectivity index (χ0) is 21.3. The van der Waals surface area contributed by atoms with Crippen molar-refractivity contribution in [1.82, 2.24) is 14.8 Å². The molecule has 160 valence electrons. The van der Waals surface area contributed by atoms with Gasteiger partial charge in [0.05, 0.1) is 11.0 Å². The van der Waals surface area contributed by atoms with Crippen molar-refractivity contribution in [2.24, 2.45) is 17.3 Å². The second-order valence-corrected chi connectivity index (χ2v) is 11.0. The van der Waals surface area contributed by atoms with Crippen LogP contribution in [-0.2, 0) is 10.3 Å². The first kappa shape index (κ1) is 20.0. The molecule has 4 aliphatic carbocycles. The highest BCUT2D eigenvalue weighted by Gasteiger charge is 2.61. The molecule has 2 atom stereocenters. The molecule has 4 saturated carbocycles. The molecule has 2 unspecified atom stereocenters. The number of nitrogens with zero attached hydrogens (tertiary/aromatic N) is 3. The molecular weight excluding hydrogens is 444 g/mol. The van der Waals surface area contributed by atoms with Crippen LogP contribution in [0.1, 0.15) is 69.4 Å². The molecule has 2 aromatic rings. The Morgan fingerprint density at radius 2 is 1.97 bits per heavy atom. The summed E-state index contributed by atoms with van der Waals surface area (Å²) < 4.78 is 2.64. The minimum atomic E-state index is -0.356. The van der Waals surface area contributed by atoms with Gasteiger partial charge in [-0.2, -0.15) is 0 Å². The Hall–Kier alpha value is -1.89. The normalized spacial score (nSPS) is 32.0. The molecule has 1 aromatic heterocycles. The van der Waals surface area contributed by atoms with Crippen molar-refractivity contribution in [3.63, 3.8) is 0 Å². The summed E-state index contributed by atoms with van der Waals surface area (Å²) in [7, 11) is 0. The van der Waals surface area contributed by atoms with Crippen LogP contribution >= 0.6 is 15.9 Å². The first-order valence-corrected chi connectivity index (χ1v) is 11.7. The van der Waals surface area contributed by atoms with E-state index in [9.17, 15) is 9.90 Å². The molecule has 7 heteroatoms. The second-order valence-electron chi connectivity index (χ2n) is 10.3. The molecule has 1 heterocycles. The van der Waals surface area contributed by atoms with Crippen LogP contribution in [0.15, 0.2) is 23.2 Å². The highest BCUT2D eigenvalue weighted by atomic mass is 79.9. The first-order chi connectivity index (χ1) is 14.2. The van der Waals surface area contributed by atoms with Crippen LogP contribution in [0.4, 0.5) is 5.69 Å². The maximum absolute atomic E-state index is 13.7. The average Bonchev–Trinajstić information content (AvgIpc) is 3.10. The van der Waals surface area contributed by atoms with Crippen LogP contribution < -0.4 is 5.32 Å². The number of anilines is 1. The molecule has 4 bridgehead atoms. The Balaban J connectivity index is 1.47. The van der Waals surface area contributed by atoms with Gasteiger partial charge in [0.25, 0.3) is 0 Å². The van der Waals surface area contributed by atoms with E-state index in [0.717, 1.165) is 48.9 Å². The molecule has 0 spiro atoms. The number of rotatable bonds is 4. The fraction of sp³-hybridized carbons (Fsp3) is 0.609. The number of aryl methyl sites for hydroxylation is 1. The number of amides is 1.